The number of carboxylic acid groups (broad SMARTS) is 1. The molecule has 1 aliphatic heterocycles. The summed E-state index contributed by atoms with van der Waals surface area (Å²) in [6, 6.07) is -1.18. The van der Waals surface area contributed by atoms with Gasteiger partial charge in [-0.2, -0.15) is 0 Å². The maximum atomic E-state index is 12.1. The van der Waals surface area contributed by atoms with Crippen LogP contribution in [0, 0.1) is 5.92 Å². The van der Waals surface area contributed by atoms with E-state index in [4.69, 9.17) is 4.74 Å². The Balaban J connectivity index is 2.06. The van der Waals surface area contributed by atoms with Crippen molar-refractivity contribution in [2.24, 2.45) is 5.92 Å². The Morgan fingerprint density at radius 3 is 2.76 bits per heavy atom. The monoisotopic (exact) mass is 317 g/mol. The van der Waals surface area contributed by atoms with E-state index in [2.05, 4.69) is 0 Å². The number of sulfone groups is 1. The van der Waals surface area contributed by atoms with Crippen molar-refractivity contribution in [2.45, 2.75) is 31.3 Å². The van der Waals surface area contributed by atoms with Crippen molar-refractivity contribution < 1.29 is 27.9 Å². The van der Waals surface area contributed by atoms with Crippen LogP contribution in [-0.2, 0) is 19.4 Å². The molecule has 7 nitrogen and oxygen atoms in total. The molecule has 1 saturated heterocycles. The van der Waals surface area contributed by atoms with Gasteiger partial charge in [0.1, 0.15) is 12.6 Å². The first kappa shape index (κ1) is 15.8. The zero-order valence-electron chi connectivity index (χ0n) is 11.8. The molecule has 1 aliphatic carbocycles. The van der Waals surface area contributed by atoms with Crippen molar-refractivity contribution in [2.75, 3.05) is 18.6 Å². The largest absolute Gasteiger partial charge is 0.480 e. The van der Waals surface area contributed by atoms with E-state index in [1.807, 2.05) is 12.2 Å². The highest BCUT2D eigenvalue weighted by molar-refractivity contribution is 7.90. The Hall–Kier alpha value is -1.57. The minimum absolute atomic E-state index is 0.124. The van der Waals surface area contributed by atoms with E-state index in [0.29, 0.717) is 6.42 Å². The molecule has 2 aliphatic rings. The number of carbonyl (C=O) groups is 2. The van der Waals surface area contributed by atoms with Crippen molar-refractivity contribution >= 4 is 21.9 Å². The quantitative estimate of drug-likeness (QED) is 0.764. The Morgan fingerprint density at radius 2 is 2.14 bits per heavy atom. The highest BCUT2D eigenvalue weighted by Crippen LogP contribution is 2.37. The van der Waals surface area contributed by atoms with Gasteiger partial charge in [0.05, 0.1) is 11.8 Å². The molecule has 1 unspecified atom stereocenters. The molecule has 3 atom stereocenters. The number of amides is 1. The number of hydrogen-bond donors (Lipinski definition) is 1. The van der Waals surface area contributed by atoms with Gasteiger partial charge in [-0.1, -0.05) is 12.2 Å². The number of ether oxygens (including phenoxy) is 1. The van der Waals surface area contributed by atoms with Crippen molar-refractivity contribution in [3.8, 4) is 0 Å². The van der Waals surface area contributed by atoms with Crippen molar-refractivity contribution in [1.29, 1.82) is 0 Å². The van der Waals surface area contributed by atoms with Crippen LogP contribution in [0.3, 0.4) is 0 Å². The third-order valence-corrected chi connectivity index (χ3v) is 4.79. The summed E-state index contributed by atoms with van der Waals surface area (Å²) in [6.07, 6.45) is 6.20. The lowest BCUT2D eigenvalue weighted by molar-refractivity contribution is -0.141. The first-order valence-corrected chi connectivity index (χ1v) is 8.88. The minimum atomic E-state index is -3.22. The Kier molecular flexibility index (Phi) is 4.55. The zero-order valence-corrected chi connectivity index (χ0v) is 12.6. The zero-order chi connectivity index (χ0) is 15.6. The second kappa shape index (κ2) is 6.05. The van der Waals surface area contributed by atoms with Gasteiger partial charge < -0.3 is 9.84 Å². The smallest absolute Gasteiger partial charge is 0.411 e. The molecular formula is C13H19NO6S. The van der Waals surface area contributed by atoms with Crippen LogP contribution in [0.2, 0.25) is 0 Å². The molecule has 0 aromatic carbocycles. The van der Waals surface area contributed by atoms with Gasteiger partial charge in [-0.15, -0.1) is 0 Å². The highest BCUT2D eigenvalue weighted by atomic mass is 32.2. The van der Waals surface area contributed by atoms with E-state index >= 15 is 0 Å². The van der Waals surface area contributed by atoms with Crippen molar-refractivity contribution in [1.82, 2.24) is 4.90 Å². The van der Waals surface area contributed by atoms with Crippen LogP contribution in [0.4, 0.5) is 4.79 Å². The second-order valence-electron chi connectivity index (χ2n) is 5.50. The number of rotatable bonds is 4. The van der Waals surface area contributed by atoms with Gasteiger partial charge in [0.2, 0.25) is 0 Å². The van der Waals surface area contributed by atoms with E-state index in [1.165, 1.54) is 4.90 Å². The molecule has 0 radical (unpaired) electrons. The molecule has 0 saturated carbocycles. The van der Waals surface area contributed by atoms with Crippen LogP contribution in [-0.4, -0.2) is 61.2 Å². The van der Waals surface area contributed by atoms with Gasteiger partial charge in [0, 0.05) is 6.26 Å². The lowest BCUT2D eigenvalue weighted by Crippen LogP contribution is -2.45. The standard InChI is InChI=1S/C13H19NO6S/c1-21(18,19)7-6-20-13(17)14-10-5-3-2-4-9(10)8-11(14)12(15)16/h3,5,9-11H,2,4,6-8H2,1H3,(H,15,16)/t9-,10?,11+/m1/s1. The Labute approximate surface area is 123 Å². The van der Waals surface area contributed by atoms with E-state index in [-0.39, 0.29) is 24.3 Å². The van der Waals surface area contributed by atoms with Crippen LogP contribution < -0.4 is 0 Å². The molecule has 1 amide bonds. The summed E-state index contributed by atoms with van der Waals surface area (Å²) in [5, 5.41) is 9.26. The summed E-state index contributed by atoms with van der Waals surface area (Å²) in [6.45, 7) is -0.262. The predicted octanol–water partition coefficient (Wildman–Crippen LogP) is 0.661. The Morgan fingerprint density at radius 1 is 1.43 bits per heavy atom. The maximum absolute atomic E-state index is 12.1. The van der Waals surface area contributed by atoms with Crippen LogP contribution in [0.15, 0.2) is 12.2 Å². The third-order valence-electron chi connectivity index (χ3n) is 3.88. The molecule has 0 aromatic heterocycles. The normalized spacial score (nSPS) is 28.2. The van der Waals surface area contributed by atoms with Gasteiger partial charge in [-0.3, -0.25) is 4.90 Å². The number of likely N-dealkylation sites (tertiary alicyclic amines) is 1. The molecule has 0 bridgehead atoms. The second-order valence-corrected chi connectivity index (χ2v) is 7.76. The summed E-state index contributed by atoms with van der Waals surface area (Å²) < 4.78 is 27.0. The fourth-order valence-electron chi connectivity index (χ4n) is 2.88. The average Bonchev–Trinajstić information content (AvgIpc) is 2.76. The average molecular weight is 317 g/mol. The summed E-state index contributed by atoms with van der Waals surface area (Å²) in [7, 11) is -3.22. The number of aliphatic carboxylic acids is 1. The fourth-order valence-corrected chi connectivity index (χ4v) is 3.27. The van der Waals surface area contributed by atoms with Crippen molar-refractivity contribution in [3.63, 3.8) is 0 Å². The SMILES string of the molecule is CS(=O)(=O)CCOC(=O)N1C2C=CCC[C@@H]2C[C@H]1C(=O)O. The highest BCUT2D eigenvalue weighted by Gasteiger charge is 2.47. The molecule has 2 rings (SSSR count). The van der Waals surface area contributed by atoms with Gasteiger partial charge in [-0.25, -0.2) is 18.0 Å². The molecule has 0 spiro atoms. The van der Waals surface area contributed by atoms with E-state index in [0.717, 1.165) is 19.1 Å². The van der Waals surface area contributed by atoms with E-state index < -0.39 is 27.9 Å². The maximum Gasteiger partial charge on any atom is 0.411 e. The molecule has 1 N–H and O–H groups in total. The molecule has 1 fully saturated rings. The molecule has 118 valence electrons. The first-order chi connectivity index (χ1) is 9.79. The van der Waals surface area contributed by atoms with Gasteiger partial charge >= 0.3 is 12.1 Å². The minimum Gasteiger partial charge on any atom is -0.480 e. The van der Waals surface area contributed by atoms with Crippen LogP contribution in [0.1, 0.15) is 19.3 Å². The third kappa shape index (κ3) is 3.75. The van der Waals surface area contributed by atoms with Crippen LogP contribution in [0.5, 0.6) is 0 Å². The number of carbonyl (C=O) groups excluding carboxylic acids is 1. The van der Waals surface area contributed by atoms with Gasteiger partial charge in [0.15, 0.2) is 9.84 Å². The lowest BCUT2D eigenvalue weighted by Gasteiger charge is -2.28. The summed E-state index contributed by atoms with van der Waals surface area (Å²) in [4.78, 5) is 24.7. The van der Waals surface area contributed by atoms with Crippen LogP contribution >= 0.6 is 0 Å². The summed E-state index contributed by atoms with van der Waals surface area (Å²) >= 11 is 0. The molecule has 8 heteroatoms. The van der Waals surface area contributed by atoms with E-state index in [1.54, 1.807) is 0 Å². The molecule has 1 heterocycles. The summed E-state index contributed by atoms with van der Waals surface area (Å²) in [5.41, 5.74) is 0. The topological polar surface area (TPSA) is 101 Å². The van der Waals surface area contributed by atoms with Gasteiger partial charge in [0.25, 0.3) is 0 Å². The first-order valence-electron chi connectivity index (χ1n) is 6.82. The number of nitrogens with zero attached hydrogens (tertiary/aromatic N) is 1. The number of carboxylic acids is 1. The number of fused-ring (bicyclic) bond motifs is 1. The fraction of sp³-hybridized carbons (Fsp3) is 0.692. The van der Waals surface area contributed by atoms with E-state index in [9.17, 15) is 23.1 Å². The van der Waals surface area contributed by atoms with Gasteiger partial charge in [-0.05, 0) is 25.2 Å². The molecular weight excluding hydrogens is 298 g/mol. The number of allylic oxidation sites excluding steroid dienone is 1. The lowest BCUT2D eigenvalue weighted by atomic mass is 9.89. The summed E-state index contributed by atoms with van der Waals surface area (Å²) in [5.74, 6) is -1.20. The predicted molar refractivity (Wildman–Crippen MR) is 74.6 cm³/mol. The van der Waals surface area contributed by atoms with Crippen molar-refractivity contribution in [3.05, 3.63) is 12.2 Å². The Bertz CT molecular complexity index is 555. The molecule has 0 aromatic rings. The molecule has 21 heavy (non-hydrogen) atoms. The van der Waals surface area contributed by atoms with Crippen LogP contribution in [0.25, 0.3) is 0 Å². The number of hydrogen-bond acceptors (Lipinski definition) is 5.